The minimum absolute atomic E-state index is 0.0934. The van der Waals surface area contributed by atoms with Gasteiger partial charge in [-0.1, -0.05) is 23.8 Å². The van der Waals surface area contributed by atoms with Crippen molar-refractivity contribution in [3.05, 3.63) is 0 Å². The molecule has 0 aromatic rings. The quantitative estimate of drug-likeness (QED) is 0.110. The van der Waals surface area contributed by atoms with Gasteiger partial charge in [0.05, 0.1) is 6.61 Å². The summed E-state index contributed by atoms with van der Waals surface area (Å²) >= 11 is -3.57. The van der Waals surface area contributed by atoms with Gasteiger partial charge in [-0.05, 0) is 19.3 Å². The van der Waals surface area contributed by atoms with Crippen molar-refractivity contribution in [3.8, 4) is 0 Å². The SMILES string of the molecule is CCC(=O)CCCC/C(=N/OS(O)(O)O)S[C@@H]1O[C@H](CO)[C@@H](O)[C@H](O)[C@H]1O. The number of unbranched alkanes of at least 4 members (excludes halogenated alkanes) is 1. The molecule has 0 bridgehead atoms. The molecule has 0 radical (unpaired) electrons. The molecule has 1 aliphatic rings. The molecule has 1 fully saturated rings. The van der Waals surface area contributed by atoms with Crippen molar-refractivity contribution in [2.24, 2.45) is 5.16 Å². The van der Waals surface area contributed by atoms with Crippen molar-refractivity contribution in [1.82, 2.24) is 0 Å². The lowest BCUT2D eigenvalue weighted by molar-refractivity contribution is -0.205. The summed E-state index contributed by atoms with van der Waals surface area (Å²) in [7, 11) is 0. The minimum atomic E-state index is -4.34. The fourth-order valence-corrected chi connectivity index (χ4v) is 3.64. The van der Waals surface area contributed by atoms with Gasteiger partial charge >= 0.3 is 0 Å². The maximum atomic E-state index is 11.3. The van der Waals surface area contributed by atoms with Gasteiger partial charge in [0.1, 0.15) is 40.7 Å². The van der Waals surface area contributed by atoms with Gasteiger partial charge in [-0.2, -0.15) is 0 Å². The molecule has 7 N–H and O–H groups in total. The van der Waals surface area contributed by atoms with Crippen molar-refractivity contribution in [2.75, 3.05) is 6.61 Å². The Morgan fingerprint density at radius 2 is 1.74 bits per heavy atom. The van der Waals surface area contributed by atoms with E-state index in [9.17, 15) is 25.2 Å². The van der Waals surface area contributed by atoms with E-state index in [1.54, 1.807) is 6.92 Å². The van der Waals surface area contributed by atoms with E-state index >= 15 is 0 Å². The molecule has 1 heterocycles. The van der Waals surface area contributed by atoms with Crippen LogP contribution in [0.1, 0.15) is 39.0 Å². The summed E-state index contributed by atoms with van der Waals surface area (Å²) in [5.74, 6) is 0.0934. The number of ether oxygens (including phenoxy) is 1. The maximum absolute atomic E-state index is 11.3. The molecule has 160 valence electrons. The first kappa shape index (κ1) is 24.6. The van der Waals surface area contributed by atoms with Crippen molar-refractivity contribution >= 4 is 33.7 Å². The van der Waals surface area contributed by atoms with Gasteiger partial charge in [0.25, 0.3) is 11.2 Å². The van der Waals surface area contributed by atoms with E-state index in [-0.39, 0.29) is 17.2 Å². The second kappa shape index (κ2) is 11.5. The summed E-state index contributed by atoms with van der Waals surface area (Å²) in [6, 6.07) is 0. The van der Waals surface area contributed by atoms with E-state index in [2.05, 4.69) is 9.44 Å². The number of carbonyl (C=O) groups excluding carboxylic acids is 1. The smallest absolute Gasteiger partial charge is 0.287 e. The van der Waals surface area contributed by atoms with Gasteiger partial charge < -0.3 is 25.2 Å². The number of carbonyl (C=O) groups is 1. The molecule has 0 aliphatic carbocycles. The Morgan fingerprint density at radius 1 is 1.11 bits per heavy atom. The molecule has 0 aromatic carbocycles. The molecule has 0 unspecified atom stereocenters. The number of Topliss-reactive ketones (excluding diaryl/α,β-unsaturated/α-hetero) is 1. The fraction of sp³-hybridized carbons (Fsp3) is 0.857. The molecule has 13 heteroatoms. The van der Waals surface area contributed by atoms with Crippen LogP contribution in [-0.4, -0.2) is 81.4 Å². The number of aliphatic hydroxyl groups excluding tert-OH is 4. The molecule has 1 rings (SSSR count). The molecule has 0 amide bonds. The van der Waals surface area contributed by atoms with E-state index < -0.39 is 47.6 Å². The Bertz CT molecular complexity index is 499. The van der Waals surface area contributed by atoms with Crippen LogP contribution in [0, 0.1) is 0 Å². The number of ketones is 1. The summed E-state index contributed by atoms with van der Waals surface area (Å²) < 4.78 is 36.2. The number of aliphatic hydroxyl groups is 4. The predicted molar refractivity (Wildman–Crippen MR) is 99.1 cm³/mol. The maximum Gasteiger partial charge on any atom is 0.287 e. The lowest BCUT2D eigenvalue weighted by Gasteiger charge is -2.39. The topological polar surface area (TPSA) is 189 Å². The standard InChI is InChI=1S/C14H27NO10S2/c1-2-8(17)5-3-4-6-10(15-25-27(21,22)23)26-14-13(20)12(19)11(18)9(7-16)24-14/h9,11-14,16,18-23H,2-7H2,1H3/b15-10-/t9-,11-,12+,13-,14+/m1/s1. The van der Waals surface area contributed by atoms with Gasteiger partial charge in [-0.3, -0.25) is 22.7 Å². The largest absolute Gasteiger partial charge is 0.394 e. The third-order valence-electron chi connectivity index (χ3n) is 3.83. The van der Waals surface area contributed by atoms with Gasteiger partial charge in [0.15, 0.2) is 0 Å². The molecule has 0 spiro atoms. The molecule has 11 nitrogen and oxygen atoms in total. The molecule has 27 heavy (non-hydrogen) atoms. The zero-order valence-corrected chi connectivity index (χ0v) is 16.4. The third kappa shape index (κ3) is 8.60. The summed E-state index contributed by atoms with van der Waals surface area (Å²) in [4.78, 5) is 11.3. The molecule has 1 aliphatic heterocycles. The molecule has 5 atom stereocenters. The Balaban J connectivity index is 2.75. The monoisotopic (exact) mass is 433 g/mol. The van der Waals surface area contributed by atoms with E-state index in [0.29, 0.717) is 25.7 Å². The number of nitrogens with zero attached hydrogens (tertiary/aromatic N) is 1. The van der Waals surface area contributed by atoms with Crippen LogP contribution in [0.15, 0.2) is 5.16 Å². The van der Waals surface area contributed by atoms with Gasteiger partial charge in [-0.15, -0.1) is 0 Å². The van der Waals surface area contributed by atoms with Gasteiger partial charge in [-0.25, -0.2) is 0 Å². The van der Waals surface area contributed by atoms with Crippen LogP contribution in [0.2, 0.25) is 0 Å². The van der Waals surface area contributed by atoms with Crippen LogP contribution >= 0.6 is 22.9 Å². The minimum Gasteiger partial charge on any atom is -0.394 e. The highest BCUT2D eigenvalue weighted by Gasteiger charge is 2.44. The van der Waals surface area contributed by atoms with Crippen LogP contribution < -0.4 is 0 Å². The van der Waals surface area contributed by atoms with Crippen LogP contribution in [0.4, 0.5) is 0 Å². The number of thioether (sulfide) groups is 1. The first-order valence-corrected chi connectivity index (χ1v) is 10.6. The van der Waals surface area contributed by atoms with Crippen molar-refractivity contribution in [3.63, 3.8) is 0 Å². The van der Waals surface area contributed by atoms with E-state index in [0.717, 1.165) is 11.8 Å². The normalized spacial score (nSPS) is 30.2. The number of oxime groups is 1. The molecular formula is C14H27NO10S2. The van der Waals surface area contributed by atoms with Crippen molar-refractivity contribution in [1.29, 1.82) is 0 Å². The highest BCUT2D eigenvalue weighted by Crippen LogP contribution is 2.36. The van der Waals surface area contributed by atoms with Crippen molar-refractivity contribution in [2.45, 2.75) is 68.9 Å². The fourth-order valence-electron chi connectivity index (χ4n) is 2.29. The predicted octanol–water partition coefficient (Wildman–Crippen LogP) is 0.528. The molecule has 0 aromatic heterocycles. The Hall–Kier alpha value is -0.480. The number of rotatable bonds is 10. The Labute approximate surface area is 162 Å². The zero-order valence-electron chi connectivity index (χ0n) is 14.7. The summed E-state index contributed by atoms with van der Waals surface area (Å²) in [6.45, 7) is 1.16. The highest BCUT2D eigenvalue weighted by molar-refractivity contribution is 8.15. The first-order valence-electron chi connectivity index (χ1n) is 8.34. The van der Waals surface area contributed by atoms with Crippen LogP contribution in [0.5, 0.6) is 0 Å². The summed E-state index contributed by atoms with van der Waals surface area (Å²) in [6.07, 6.45) is -3.71. The van der Waals surface area contributed by atoms with Gasteiger partial charge in [0, 0.05) is 12.8 Å². The molecular weight excluding hydrogens is 406 g/mol. The van der Waals surface area contributed by atoms with Gasteiger partial charge in [0.2, 0.25) is 0 Å². The van der Waals surface area contributed by atoms with Crippen molar-refractivity contribution < 1.29 is 47.9 Å². The Kier molecular flexibility index (Phi) is 10.5. The highest BCUT2D eigenvalue weighted by atomic mass is 32.3. The lowest BCUT2D eigenvalue weighted by Crippen LogP contribution is -2.57. The van der Waals surface area contributed by atoms with Crippen LogP contribution in [-0.2, 0) is 13.8 Å². The molecule has 1 saturated heterocycles. The summed E-state index contributed by atoms with van der Waals surface area (Å²) in [5.41, 5.74) is -1.14. The van der Waals surface area contributed by atoms with E-state index in [4.69, 9.17) is 18.4 Å². The van der Waals surface area contributed by atoms with E-state index in [1.165, 1.54) is 0 Å². The molecule has 0 saturated carbocycles. The van der Waals surface area contributed by atoms with Crippen LogP contribution in [0.3, 0.4) is 0 Å². The average Bonchev–Trinajstić information content (AvgIpc) is 2.62. The number of hydrogen-bond acceptors (Lipinski definition) is 12. The lowest BCUT2D eigenvalue weighted by atomic mass is 10.0. The second-order valence-electron chi connectivity index (χ2n) is 5.94. The average molecular weight is 434 g/mol. The second-order valence-corrected chi connectivity index (χ2v) is 8.20. The van der Waals surface area contributed by atoms with E-state index in [1.807, 2.05) is 0 Å². The zero-order chi connectivity index (χ0) is 20.6. The first-order chi connectivity index (χ1) is 12.6. The van der Waals surface area contributed by atoms with Crippen LogP contribution in [0.25, 0.3) is 0 Å². The Morgan fingerprint density at radius 3 is 2.30 bits per heavy atom. The summed E-state index contributed by atoms with van der Waals surface area (Å²) in [5, 5.41) is 42.4. The third-order valence-corrected chi connectivity index (χ3v) is 5.28. The number of hydrogen-bond donors (Lipinski definition) is 7.